The smallest absolute Gasteiger partial charge is 0.120 e. The molecule has 1 aromatic heterocycles. The topological polar surface area (TPSA) is 40.8 Å². The summed E-state index contributed by atoms with van der Waals surface area (Å²) in [5.74, 6) is 0.334. The van der Waals surface area contributed by atoms with Crippen molar-refractivity contribution in [3.8, 4) is 5.75 Å². The van der Waals surface area contributed by atoms with Crippen LogP contribution in [0.3, 0.4) is 0 Å². The minimum atomic E-state index is 0. The number of aromatic nitrogens is 1. The van der Waals surface area contributed by atoms with Gasteiger partial charge in [-0.25, -0.2) is 4.99 Å². The molecule has 0 bridgehead atoms. The number of benzene rings is 1. The average Bonchev–Trinajstić information content (AvgIpc) is 2.50. The predicted molar refractivity (Wildman–Crippen MR) is 101 cm³/mol. The lowest BCUT2D eigenvalue weighted by molar-refractivity contribution is 0.291. The molecule has 2 rings (SSSR count). The van der Waals surface area contributed by atoms with Crippen molar-refractivity contribution in [2.24, 2.45) is 12.0 Å². The molecule has 0 spiro atoms. The van der Waals surface area contributed by atoms with E-state index in [4.69, 9.17) is 0 Å². The van der Waals surface area contributed by atoms with Crippen LogP contribution in [0.2, 0.25) is 0 Å². The van der Waals surface area contributed by atoms with Crippen molar-refractivity contribution in [1.82, 2.24) is 9.47 Å². The van der Waals surface area contributed by atoms with Crippen LogP contribution in [0.4, 0.5) is 5.69 Å². The SMILES string of the molecule is CCN(CC)Cc1cc(N=c2ccn(C)cc2)ccc1O.I. The van der Waals surface area contributed by atoms with Gasteiger partial charge < -0.3 is 9.67 Å². The fourth-order valence-corrected chi connectivity index (χ4v) is 2.17. The second kappa shape index (κ2) is 8.95. The molecule has 0 unspecified atom stereocenters. The molecule has 0 aliphatic carbocycles. The number of aromatic hydroxyl groups is 1. The summed E-state index contributed by atoms with van der Waals surface area (Å²) < 4.78 is 1.97. The molecule has 0 aliphatic heterocycles. The van der Waals surface area contributed by atoms with Crippen molar-refractivity contribution in [3.63, 3.8) is 0 Å². The molecule has 0 atom stereocenters. The van der Waals surface area contributed by atoms with Crippen LogP contribution in [-0.4, -0.2) is 27.7 Å². The third-order valence-electron chi connectivity index (χ3n) is 3.57. The molecule has 1 heterocycles. The first-order valence-electron chi connectivity index (χ1n) is 7.33. The van der Waals surface area contributed by atoms with Gasteiger partial charge in [0.15, 0.2) is 0 Å². The fraction of sp³-hybridized carbons (Fsp3) is 0.353. The van der Waals surface area contributed by atoms with Gasteiger partial charge in [-0.2, -0.15) is 0 Å². The minimum absolute atomic E-state index is 0. The van der Waals surface area contributed by atoms with Crippen molar-refractivity contribution < 1.29 is 5.11 Å². The summed E-state index contributed by atoms with van der Waals surface area (Å²) in [6.07, 6.45) is 3.94. The highest BCUT2D eigenvalue weighted by Crippen LogP contribution is 2.24. The van der Waals surface area contributed by atoms with Gasteiger partial charge in [0, 0.05) is 31.5 Å². The number of hydrogen-bond acceptors (Lipinski definition) is 3. The van der Waals surface area contributed by atoms with Gasteiger partial charge in [-0.15, -0.1) is 24.0 Å². The van der Waals surface area contributed by atoms with E-state index >= 15 is 0 Å². The summed E-state index contributed by atoms with van der Waals surface area (Å²) in [5.41, 5.74) is 1.78. The molecule has 1 aromatic carbocycles. The number of halogens is 1. The highest BCUT2D eigenvalue weighted by atomic mass is 127. The Bertz CT molecular complexity index is 643. The van der Waals surface area contributed by atoms with Crippen molar-refractivity contribution in [1.29, 1.82) is 0 Å². The molecular formula is C17H24IN3O. The van der Waals surface area contributed by atoms with E-state index in [0.29, 0.717) is 5.75 Å². The molecule has 0 saturated carbocycles. The zero-order valence-corrected chi connectivity index (χ0v) is 15.7. The maximum atomic E-state index is 10.0. The van der Waals surface area contributed by atoms with Crippen LogP contribution in [0.25, 0.3) is 0 Å². The first-order chi connectivity index (χ1) is 10.1. The molecule has 0 amide bonds. The van der Waals surface area contributed by atoms with Gasteiger partial charge in [0.2, 0.25) is 0 Å². The summed E-state index contributed by atoms with van der Waals surface area (Å²) in [4.78, 5) is 6.87. The van der Waals surface area contributed by atoms with E-state index < -0.39 is 0 Å². The molecule has 0 saturated heterocycles. The van der Waals surface area contributed by atoms with Crippen LogP contribution in [0.1, 0.15) is 19.4 Å². The number of phenolic OH excluding ortho intramolecular Hbond substituents is 1. The Morgan fingerprint density at radius 1 is 1.09 bits per heavy atom. The minimum Gasteiger partial charge on any atom is -0.508 e. The van der Waals surface area contributed by atoms with Crippen molar-refractivity contribution in [3.05, 3.63) is 53.6 Å². The fourth-order valence-electron chi connectivity index (χ4n) is 2.17. The first-order valence-corrected chi connectivity index (χ1v) is 7.33. The zero-order valence-electron chi connectivity index (χ0n) is 13.4. The number of aryl methyl sites for hydroxylation is 1. The Morgan fingerprint density at radius 3 is 2.32 bits per heavy atom. The lowest BCUT2D eigenvalue weighted by Crippen LogP contribution is -2.22. The highest BCUT2D eigenvalue weighted by Gasteiger charge is 2.06. The maximum Gasteiger partial charge on any atom is 0.120 e. The number of pyridine rings is 1. The first kappa shape index (κ1) is 18.7. The highest BCUT2D eigenvalue weighted by molar-refractivity contribution is 14.0. The van der Waals surface area contributed by atoms with Gasteiger partial charge in [-0.1, -0.05) is 13.8 Å². The summed E-state index contributed by atoms with van der Waals surface area (Å²) >= 11 is 0. The Kier molecular flexibility index (Phi) is 7.61. The van der Waals surface area contributed by atoms with E-state index in [0.717, 1.165) is 36.2 Å². The second-order valence-electron chi connectivity index (χ2n) is 5.11. The lowest BCUT2D eigenvalue weighted by atomic mass is 10.1. The largest absolute Gasteiger partial charge is 0.508 e. The molecule has 0 radical (unpaired) electrons. The molecule has 22 heavy (non-hydrogen) atoms. The standard InChI is InChI=1S/C17H23N3O.HI/c1-4-20(5-2)13-14-12-16(6-7-17(14)21)18-15-8-10-19(3)11-9-15;/h6-12,21H,4-5,13H2,1-3H3;1H. The van der Waals surface area contributed by atoms with E-state index in [1.165, 1.54) is 0 Å². The van der Waals surface area contributed by atoms with Gasteiger partial charge in [-0.3, -0.25) is 4.90 Å². The van der Waals surface area contributed by atoms with Crippen LogP contribution < -0.4 is 5.36 Å². The lowest BCUT2D eigenvalue weighted by Gasteiger charge is -2.18. The van der Waals surface area contributed by atoms with Gasteiger partial charge in [0.1, 0.15) is 5.75 Å². The van der Waals surface area contributed by atoms with E-state index in [-0.39, 0.29) is 24.0 Å². The average molecular weight is 413 g/mol. The third kappa shape index (κ3) is 5.14. The van der Waals surface area contributed by atoms with E-state index in [2.05, 4.69) is 23.7 Å². The summed E-state index contributed by atoms with van der Waals surface area (Å²) in [6, 6.07) is 9.46. The van der Waals surface area contributed by atoms with Crippen molar-refractivity contribution in [2.45, 2.75) is 20.4 Å². The Labute approximate surface area is 149 Å². The van der Waals surface area contributed by atoms with Gasteiger partial charge in [0.05, 0.1) is 11.0 Å². The molecule has 0 aliphatic rings. The molecular weight excluding hydrogens is 389 g/mol. The monoisotopic (exact) mass is 413 g/mol. The van der Waals surface area contributed by atoms with E-state index in [9.17, 15) is 5.11 Å². The third-order valence-corrected chi connectivity index (χ3v) is 3.57. The van der Waals surface area contributed by atoms with Gasteiger partial charge in [0.25, 0.3) is 0 Å². The van der Waals surface area contributed by atoms with Crippen LogP contribution in [-0.2, 0) is 13.6 Å². The molecule has 2 aromatic rings. The molecule has 0 fully saturated rings. The summed E-state index contributed by atoms with van der Waals surface area (Å²) in [7, 11) is 1.98. The van der Waals surface area contributed by atoms with Crippen LogP contribution in [0.5, 0.6) is 5.75 Å². The summed E-state index contributed by atoms with van der Waals surface area (Å²) in [6.45, 7) is 6.92. The Morgan fingerprint density at radius 2 is 1.73 bits per heavy atom. The van der Waals surface area contributed by atoms with E-state index in [1.807, 2.05) is 48.3 Å². The number of phenols is 1. The Balaban J connectivity index is 0.00000242. The second-order valence-corrected chi connectivity index (χ2v) is 5.11. The maximum absolute atomic E-state index is 10.0. The van der Waals surface area contributed by atoms with Crippen LogP contribution in [0, 0.1) is 0 Å². The molecule has 5 heteroatoms. The molecule has 4 nitrogen and oxygen atoms in total. The molecule has 1 N–H and O–H groups in total. The normalized spacial score (nSPS) is 10.4. The number of hydrogen-bond donors (Lipinski definition) is 1. The van der Waals surface area contributed by atoms with Gasteiger partial charge in [-0.05, 0) is 43.4 Å². The quantitative estimate of drug-likeness (QED) is 0.764. The van der Waals surface area contributed by atoms with Crippen LogP contribution in [0.15, 0.2) is 47.7 Å². The predicted octanol–water partition coefficient (Wildman–Crippen LogP) is 3.42. The number of rotatable bonds is 5. The summed E-state index contributed by atoms with van der Waals surface area (Å²) in [5, 5.41) is 10.9. The van der Waals surface area contributed by atoms with Crippen molar-refractivity contribution in [2.75, 3.05) is 13.1 Å². The van der Waals surface area contributed by atoms with Crippen LogP contribution >= 0.6 is 24.0 Å². The zero-order chi connectivity index (χ0) is 15.2. The Hall–Kier alpha value is -1.34. The number of nitrogens with zero attached hydrogens (tertiary/aromatic N) is 3. The van der Waals surface area contributed by atoms with Gasteiger partial charge >= 0.3 is 0 Å². The molecule has 120 valence electrons. The van der Waals surface area contributed by atoms with Crippen molar-refractivity contribution >= 4 is 29.7 Å². The van der Waals surface area contributed by atoms with E-state index in [1.54, 1.807) is 6.07 Å².